The Morgan fingerprint density at radius 2 is 1.79 bits per heavy atom. The molecule has 0 amide bonds. The average molecular weight is 384 g/mol. The van der Waals surface area contributed by atoms with E-state index in [1.807, 2.05) is 13.1 Å². The Kier molecular flexibility index (Phi) is 7.15. The number of nitrogens with zero attached hydrogens (tertiary/aromatic N) is 1. The molecule has 1 saturated carbocycles. The van der Waals surface area contributed by atoms with E-state index < -0.39 is 0 Å². The lowest BCUT2D eigenvalue weighted by atomic mass is 9.83. The number of hydrogen-bond acceptors (Lipinski definition) is 3. The molecule has 0 atom stereocenters. The lowest BCUT2D eigenvalue weighted by molar-refractivity contribution is 0.138. The maximum absolute atomic E-state index is 5.34. The third kappa shape index (κ3) is 5.16. The van der Waals surface area contributed by atoms with Crippen LogP contribution in [0.1, 0.15) is 37.7 Å². The van der Waals surface area contributed by atoms with Crippen LogP contribution in [0.5, 0.6) is 5.75 Å². The molecule has 1 aliphatic carbocycles. The fourth-order valence-electron chi connectivity index (χ4n) is 4.15. The number of rotatable bonds is 8. The van der Waals surface area contributed by atoms with E-state index in [9.17, 15) is 0 Å². The monoisotopic (exact) mass is 383 g/mol. The molecule has 5 nitrogen and oxygen atoms in total. The minimum atomic E-state index is 0.343. The first-order valence-corrected chi connectivity index (χ1v) is 10.2. The Balaban J connectivity index is 1.57. The highest BCUT2D eigenvalue weighted by molar-refractivity contribution is 5.85. The molecule has 0 heterocycles. The van der Waals surface area contributed by atoms with Crippen molar-refractivity contribution in [3.05, 3.63) is 42.0 Å². The summed E-state index contributed by atoms with van der Waals surface area (Å²) in [7, 11) is 5.32. The lowest BCUT2D eigenvalue weighted by Gasteiger charge is -2.30. The van der Waals surface area contributed by atoms with E-state index in [1.54, 1.807) is 14.2 Å². The van der Waals surface area contributed by atoms with E-state index in [1.165, 1.54) is 42.0 Å². The summed E-state index contributed by atoms with van der Waals surface area (Å²) in [6, 6.07) is 12.7. The van der Waals surface area contributed by atoms with E-state index in [-0.39, 0.29) is 0 Å². The molecule has 0 spiro atoms. The highest BCUT2D eigenvalue weighted by Gasteiger charge is 2.33. The number of guanidine groups is 1. The first kappa shape index (κ1) is 20.5. The van der Waals surface area contributed by atoms with Gasteiger partial charge in [-0.3, -0.25) is 4.99 Å². The predicted molar refractivity (Wildman–Crippen MR) is 116 cm³/mol. The third-order valence-electron chi connectivity index (χ3n) is 5.93. The number of aliphatic imine (C=N–C) groups is 1. The fourth-order valence-corrected chi connectivity index (χ4v) is 4.15. The van der Waals surface area contributed by atoms with Gasteiger partial charge >= 0.3 is 0 Å². The van der Waals surface area contributed by atoms with Gasteiger partial charge in [0.1, 0.15) is 5.75 Å². The van der Waals surface area contributed by atoms with E-state index in [2.05, 4.69) is 46.0 Å². The second kappa shape index (κ2) is 9.78. The van der Waals surface area contributed by atoms with Gasteiger partial charge in [-0.2, -0.15) is 0 Å². The minimum Gasteiger partial charge on any atom is -0.497 e. The first-order chi connectivity index (χ1) is 13.7. The second-order valence-electron chi connectivity index (χ2n) is 7.78. The Morgan fingerprint density at radius 3 is 2.50 bits per heavy atom. The van der Waals surface area contributed by atoms with Crippen molar-refractivity contribution in [1.29, 1.82) is 0 Å². The van der Waals surface area contributed by atoms with Crippen LogP contribution in [0.25, 0.3) is 10.8 Å². The van der Waals surface area contributed by atoms with Gasteiger partial charge in [0.25, 0.3) is 0 Å². The molecule has 0 aliphatic heterocycles. The number of nitrogens with one attached hydrogen (secondary N) is 2. The fraction of sp³-hybridized carbons (Fsp3) is 0.522. The standard InChI is InChI=1S/C23H33N3O2/c1-24-22(26-17-23(12-13-27-2)10-4-5-11-23)25-16-18-6-7-20-15-21(28-3)9-8-19(20)14-18/h6-9,14-15H,4-5,10-13,16-17H2,1-3H3,(H2,24,25,26). The topological polar surface area (TPSA) is 54.9 Å². The van der Waals surface area contributed by atoms with Crippen LogP contribution in [-0.4, -0.2) is 40.4 Å². The molecule has 3 rings (SSSR count). The Morgan fingerprint density at radius 1 is 1.04 bits per heavy atom. The molecule has 28 heavy (non-hydrogen) atoms. The van der Waals surface area contributed by atoms with Gasteiger partial charge in [0.05, 0.1) is 7.11 Å². The zero-order valence-corrected chi connectivity index (χ0v) is 17.4. The molecule has 0 saturated heterocycles. The smallest absolute Gasteiger partial charge is 0.191 e. The largest absolute Gasteiger partial charge is 0.497 e. The molecule has 2 aromatic carbocycles. The molecule has 2 aromatic rings. The van der Waals surface area contributed by atoms with Crippen LogP contribution >= 0.6 is 0 Å². The maximum atomic E-state index is 5.34. The highest BCUT2D eigenvalue weighted by atomic mass is 16.5. The zero-order valence-electron chi connectivity index (χ0n) is 17.4. The van der Waals surface area contributed by atoms with Crippen LogP contribution in [0, 0.1) is 5.41 Å². The second-order valence-corrected chi connectivity index (χ2v) is 7.78. The van der Waals surface area contributed by atoms with Crippen LogP contribution in [0.4, 0.5) is 0 Å². The Bertz CT molecular complexity index is 798. The molecule has 1 aliphatic rings. The highest BCUT2D eigenvalue weighted by Crippen LogP contribution is 2.40. The number of methoxy groups -OCH3 is 2. The Labute approximate surface area is 168 Å². The summed E-state index contributed by atoms with van der Waals surface area (Å²) in [5.41, 5.74) is 1.57. The SMILES string of the molecule is CN=C(NCc1ccc2cc(OC)ccc2c1)NCC1(CCOC)CCCC1. The van der Waals surface area contributed by atoms with E-state index in [4.69, 9.17) is 9.47 Å². The van der Waals surface area contributed by atoms with Crippen molar-refractivity contribution >= 4 is 16.7 Å². The van der Waals surface area contributed by atoms with Crippen molar-refractivity contribution < 1.29 is 9.47 Å². The number of benzene rings is 2. The van der Waals surface area contributed by atoms with Crippen LogP contribution in [0.2, 0.25) is 0 Å². The molecule has 1 fully saturated rings. The predicted octanol–water partition coefficient (Wildman–Crippen LogP) is 4.11. The van der Waals surface area contributed by atoms with Crippen LogP contribution in [-0.2, 0) is 11.3 Å². The van der Waals surface area contributed by atoms with Gasteiger partial charge in [-0.05, 0) is 59.2 Å². The van der Waals surface area contributed by atoms with Crippen molar-refractivity contribution in [3.63, 3.8) is 0 Å². The zero-order chi connectivity index (χ0) is 19.8. The minimum absolute atomic E-state index is 0.343. The summed E-state index contributed by atoms with van der Waals surface area (Å²) in [6.07, 6.45) is 6.29. The first-order valence-electron chi connectivity index (χ1n) is 10.2. The van der Waals surface area contributed by atoms with Crippen LogP contribution in [0.3, 0.4) is 0 Å². The lowest BCUT2D eigenvalue weighted by Crippen LogP contribution is -2.43. The van der Waals surface area contributed by atoms with Gasteiger partial charge in [0.2, 0.25) is 0 Å². The maximum Gasteiger partial charge on any atom is 0.191 e. The van der Waals surface area contributed by atoms with E-state index >= 15 is 0 Å². The van der Waals surface area contributed by atoms with Crippen molar-refractivity contribution in [2.45, 2.75) is 38.6 Å². The van der Waals surface area contributed by atoms with Crippen LogP contribution in [0.15, 0.2) is 41.4 Å². The normalized spacial score (nSPS) is 16.3. The van der Waals surface area contributed by atoms with Gasteiger partial charge in [-0.15, -0.1) is 0 Å². The summed E-state index contributed by atoms with van der Waals surface area (Å²) < 4.78 is 10.6. The third-order valence-corrected chi connectivity index (χ3v) is 5.93. The van der Waals surface area contributed by atoms with Gasteiger partial charge < -0.3 is 20.1 Å². The van der Waals surface area contributed by atoms with Gasteiger partial charge in [-0.25, -0.2) is 0 Å². The summed E-state index contributed by atoms with van der Waals surface area (Å²) in [4.78, 5) is 4.41. The summed E-state index contributed by atoms with van der Waals surface area (Å²) in [5, 5.41) is 9.41. The van der Waals surface area contributed by atoms with Gasteiger partial charge in [-0.1, -0.05) is 31.0 Å². The van der Waals surface area contributed by atoms with Crippen molar-refractivity contribution in [2.75, 3.05) is 34.4 Å². The number of hydrogen-bond donors (Lipinski definition) is 2. The number of ether oxygens (including phenoxy) is 2. The van der Waals surface area contributed by atoms with E-state index in [0.29, 0.717) is 5.41 Å². The molecule has 0 bridgehead atoms. The molecule has 0 aromatic heterocycles. The summed E-state index contributed by atoms with van der Waals surface area (Å²) in [5.74, 6) is 1.75. The van der Waals surface area contributed by atoms with Gasteiger partial charge in [0, 0.05) is 33.9 Å². The molecular weight excluding hydrogens is 350 g/mol. The molecule has 0 unspecified atom stereocenters. The quantitative estimate of drug-likeness (QED) is 0.532. The molecule has 0 radical (unpaired) electrons. The number of fused-ring (bicyclic) bond motifs is 1. The molecule has 2 N–H and O–H groups in total. The molecule has 5 heteroatoms. The molecular formula is C23H33N3O2. The van der Waals surface area contributed by atoms with E-state index in [0.717, 1.165) is 37.8 Å². The van der Waals surface area contributed by atoms with Crippen molar-refractivity contribution in [3.8, 4) is 5.75 Å². The average Bonchev–Trinajstić information content (AvgIpc) is 3.21. The summed E-state index contributed by atoms with van der Waals surface area (Å²) >= 11 is 0. The molecule has 152 valence electrons. The van der Waals surface area contributed by atoms with Crippen LogP contribution < -0.4 is 15.4 Å². The van der Waals surface area contributed by atoms with Gasteiger partial charge in [0.15, 0.2) is 5.96 Å². The van der Waals surface area contributed by atoms with Crippen molar-refractivity contribution in [1.82, 2.24) is 10.6 Å². The summed E-state index contributed by atoms with van der Waals surface area (Å²) in [6.45, 7) is 2.52. The Hall–Kier alpha value is -2.27. The van der Waals surface area contributed by atoms with Crippen molar-refractivity contribution in [2.24, 2.45) is 10.4 Å².